The number of aryl methyl sites for hydroxylation is 2. The molecule has 1 amide bonds. The molecule has 0 aliphatic carbocycles. The predicted molar refractivity (Wildman–Crippen MR) is 133 cm³/mol. The van der Waals surface area contributed by atoms with Crippen LogP contribution >= 0.6 is 0 Å². The van der Waals surface area contributed by atoms with Gasteiger partial charge in [-0.1, -0.05) is 48.5 Å². The maximum Gasteiger partial charge on any atom is 0.276 e. The van der Waals surface area contributed by atoms with Gasteiger partial charge in [-0.15, -0.1) is 0 Å². The van der Waals surface area contributed by atoms with Crippen molar-refractivity contribution in [1.82, 2.24) is 15.0 Å². The molecule has 0 radical (unpaired) electrons. The maximum atomic E-state index is 13.0. The van der Waals surface area contributed by atoms with Crippen LogP contribution in [-0.2, 0) is 6.54 Å². The Balaban J connectivity index is 1.54. The molecule has 0 spiro atoms. The van der Waals surface area contributed by atoms with E-state index in [1.165, 1.54) is 0 Å². The molecule has 2 heterocycles. The SMILES string of the molecule is CCn1cc(C(=O)N/N=C/c2c3ccccc3cc3ccccc23)c(=O)c2ccc(C)nc21. The van der Waals surface area contributed by atoms with Gasteiger partial charge >= 0.3 is 0 Å². The van der Waals surface area contributed by atoms with Crippen LogP contribution in [0.4, 0.5) is 0 Å². The third-order valence-electron chi connectivity index (χ3n) is 5.82. The van der Waals surface area contributed by atoms with E-state index in [-0.39, 0.29) is 11.0 Å². The van der Waals surface area contributed by atoms with E-state index in [4.69, 9.17) is 0 Å². The van der Waals surface area contributed by atoms with E-state index in [1.54, 1.807) is 29.1 Å². The van der Waals surface area contributed by atoms with E-state index in [9.17, 15) is 9.59 Å². The van der Waals surface area contributed by atoms with Gasteiger partial charge in [0.1, 0.15) is 11.2 Å². The van der Waals surface area contributed by atoms with E-state index >= 15 is 0 Å². The molecular weight excluding hydrogens is 412 g/mol. The molecule has 6 heteroatoms. The Labute approximate surface area is 190 Å². The summed E-state index contributed by atoms with van der Waals surface area (Å²) in [4.78, 5) is 30.3. The van der Waals surface area contributed by atoms with Crippen molar-refractivity contribution in [3.05, 3.63) is 100.0 Å². The number of rotatable bonds is 4. The Bertz CT molecular complexity index is 1580. The number of nitrogens with zero attached hydrogens (tertiary/aromatic N) is 3. The van der Waals surface area contributed by atoms with Crippen molar-refractivity contribution in [3.8, 4) is 0 Å². The first kappa shape index (κ1) is 20.6. The van der Waals surface area contributed by atoms with Crippen molar-refractivity contribution in [2.45, 2.75) is 20.4 Å². The molecule has 0 bridgehead atoms. The van der Waals surface area contributed by atoms with Crippen molar-refractivity contribution in [2.75, 3.05) is 0 Å². The summed E-state index contributed by atoms with van der Waals surface area (Å²) in [5.41, 5.74) is 4.52. The lowest BCUT2D eigenvalue weighted by Crippen LogP contribution is -2.27. The Kier molecular flexibility index (Phi) is 5.18. The number of pyridine rings is 2. The fourth-order valence-electron chi connectivity index (χ4n) is 4.17. The van der Waals surface area contributed by atoms with Crippen LogP contribution in [0.3, 0.4) is 0 Å². The third kappa shape index (κ3) is 3.65. The second-order valence-corrected chi connectivity index (χ2v) is 7.91. The summed E-state index contributed by atoms with van der Waals surface area (Å²) < 4.78 is 1.81. The number of fused-ring (bicyclic) bond motifs is 3. The fraction of sp³-hybridized carbons (Fsp3) is 0.111. The average molecular weight is 434 g/mol. The number of hydrogen-bond acceptors (Lipinski definition) is 4. The van der Waals surface area contributed by atoms with Crippen LogP contribution in [0.2, 0.25) is 0 Å². The van der Waals surface area contributed by atoms with Crippen LogP contribution in [0.5, 0.6) is 0 Å². The normalized spacial score (nSPS) is 11.6. The number of amides is 1. The summed E-state index contributed by atoms with van der Waals surface area (Å²) in [6.07, 6.45) is 3.20. The molecule has 5 aromatic rings. The van der Waals surface area contributed by atoms with E-state index < -0.39 is 5.91 Å². The summed E-state index contributed by atoms with van der Waals surface area (Å²) in [6.45, 7) is 4.40. The number of benzene rings is 3. The monoisotopic (exact) mass is 434 g/mol. The molecule has 0 saturated heterocycles. The molecule has 2 aromatic heterocycles. The summed E-state index contributed by atoms with van der Waals surface area (Å²) in [7, 11) is 0. The highest BCUT2D eigenvalue weighted by molar-refractivity contribution is 6.13. The minimum Gasteiger partial charge on any atom is -0.332 e. The maximum absolute atomic E-state index is 13.0. The van der Waals surface area contributed by atoms with Gasteiger partial charge in [0.15, 0.2) is 0 Å². The Morgan fingerprint density at radius 1 is 1.00 bits per heavy atom. The molecule has 33 heavy (non-hydrogen) atoms. The van der Waals surface area contributed by atoms with Crippen molar-refractivity contribution < 1.29 is 4.79 Å². The number of carbonyl (C=O) groups is 1. The smallest absolute Gasteiger partial charge is 0.276 e. The first-order valence-corrected chi connectivity index (χ1v) is 10.8. The van der Waals surface area contributed by atoms with Gasteiger partial charge in [0, 0.05) is 24.0 Å². The minimum atomic E-state index is -0.550. The van der Waals surface area contributed by atoms with E-state index in [0.29, 0.717) is 17.6 Å². The third-order valence-corrected chi connectivity index (χ3v) is 5.82. The first-order chi connectivity index (χ1) is 16.1. The highest BCUT2D eigenvalue weighted by Gasteiger charge is 2.16. The lowest BCUT2D eigenvalue weighted by atomic mass is 9.97. The van der Waals surface area contributed by atoms with Crippen molar-refractivity contribution in [3.63, 3.8) is 0 Å². The van der Waals surface area contributed by atoms with Gasteiger partial charge in [-0.05, 0) is 53.6 Å². The molecule has 0 aliphatic rings. The number of aromatic nitrogens is 2. The van der Waals surface area contributed by atoms with Crippen LogP contribution in [0, 0.1) is 6.92 Å². The largest absolute Gasteiger partial charge is 0.332 e. The van der Waals surface area contributed by atoms with E-state index in [2.05, 4.69) is 33.7 Å². The zero-order chi connectivity index (χ0) is 22.9. The van der Waals surface area contributed by atoms with Gasteiger partial charge in [-0.2, -0.15) is 5.10 Å². The van der Waals surface area contributed by atoms with Gasteiger partial charge in [-0.25, -0.2) is 10.4 Å². The number of hydrazone groups is 1. The molecular formula is C27H22N4O2. The molecule has 0 fully saturated rings. The quantitative estimate of drug-likeness (QED) is 0.251. The number of nitrogens with one attached hydrogen (secondary N) is 1. The van der Waals surface area contributed by atoms with Gasteiger partial charge in [0.25, 0.3) is 5.91 Å². The fourth-order valence-corrected chi connectivity index (χ4v) is 4.17. The van der Waals surface area contributed by atoms with Gasteiger partial charge in [0.05, 0.1) is 11.6 Å². The topological polar surface area (TPSA) is 76.3 Å². The van der Waals surface area contributed by atoms with Crippen molar-refractivity contribution >= 4 is 44.7 Å². The van der Waals surface area contributed by atoms with E-state index in [1.807, 2.05) is 50.2 Å². The molecule has 0 aliphatic heterocycles. The predicted octanol–water partition coefficient (Wildman–Crippen LogP) is 4.80. The highest BCUT2D eigenvalue weighted by atomic mass is 16.2. The summed E-state index contributed by atoms with van der Waals surface area (Å²) in [5, 5.41) is 8.89. The van der Waals surface area contributed by atoms with Crippen LogP contribution in [0.25, 0.3) is 32.6 Å². The molecule has 0 saturated carbocycles. The highest BCUT2D eigenvalue weighted by Crippen LogP contribution is 2.27. The number of hydrogen-bond donors (Lipinski definition) is 1. The number of carbonyl (C=O) groups excluding carboxylic acids is 1. The molecule has 162 valence electrons. The average Bonchev–Trinajstić information content (AvgIpc) is 2.83. The van der Waals surface area contributed by atoms with Crippen molar-refractivity contribution in [2.24, 2.45) is 5.10 Å². The first-order valence-electron chi connectivity index (χ1n) is 10.8. The van der Waals surface area contributed by atoms with Gasteiger partial charge in [-0.3, -0.25) is 9.59 Å². The van der Waals surface area contributed by atoms with Crippen LogP contribution in [0.1, 0.15) is 28.5 Å². The molecule has 6 nitrogen and oxygen atoms in total. The summed E-state index contributed by atoms with van der Waals surface area (Å²) in [6, 6.07) is 21.7. The van der Waals surface area contributed by atoms with Crippen LogP contribution in [0.15, 0.2) is 82.8 Å². The molecule has 5 rings (SSSR count). The molecule has 0 atom stereocenters. The van der Waals surface area contributed by atoms with Gasteiger partial charge in [0.2, 0.25) is 5.43 Å². The lowest BCUT2D eigenvalue weighted by molar-refractivity contribution is 0.0953. The lowest BCUT2D eigenvalue weighted by Gasteiger charge is -2.11. The van der Waals surface area contributed by atoms with Crippen molar-refractivity contribution in [1.29, 1.82) is 0 Å². The Hall–Kier alpha value is -4.32. The summed E-state index contributed by atoms with van der Waals surface area (Å²) in [5.74, 6) is -0.550. The zero-order valence-electron chi connectivity index (χ0n) is 18.4. The van der Waals surface area contributed by atoms with Gasteiger partial charge < -0.3 is 4.57 Å². The Morgan fingerprint density at radius 2 is 1.67 bits per heavy atom. The van der Waals surface area contributed by atoms with Crippen LogP contribution in [-0.4, -0.2) is 21.7 Å². The standard InChI is InChI=1S/C27H22N4O2/c1-3-31-16-24(25(32)22-13-12-17(2)29-26(22)31)27(33)30-28-15-23-20-10-6-4-8-18(20)14-19-9-5-7-11-21(19)23/h4-16H,3H2,1-2H3,(H,30,33)/b28-15+. The molecule has 0 unspecified atom stereocenters. The molecule has 3 aromatic carbocycles. The minimum absolute atomic E-state index is 0.0370. The molecule has 1 N–H and O–H groups in total. The zero-order valence-corrected chi connectivity index (χ0v) is 18.4. The van der Waals surface area contributed by atoms with Crippen LogP contribution < -0.4 is 10.9 Å². The Morgan fingerprint density at radius 3 is 2.33 bits per heavy atom. The second-order valence-electron chi connectivity index (χ2n) is 7.91. The second kappa shape index (κ2) is 8.31. The van der Waals surface area contributed by atoms with E-state index in [0.717, 1.165) is 32.8 Å². The summed E-state index contributed by atoms with van der Waals surface area (Å²) >= 11 is 0.